The lowest BCUT2D eigenvalue weighted by molar-refractivity contribution is 0.568. The quantitative estimate of drug-likeness (QED) is 0.165. The molecule has 2 nitrogen and oxygen atoms in total. The molecule has 0 amide bonds. The summed E-state index contributed by atoms with van der Waals surface area (Å²) in [6.45, 7) is 39.6. The van der Waals surface area contributed by atoms with Gasteiger partial charge in [-0.1, -0.05) is 148 Å². The maximum atomic E-state index is 2.63. The van der Waals surface area contributed by atoms with E-state index in [9.17, 15) is 0 Å². The fourth-order valence-electron chi connectivity index (χ4n) is 9.79. The molecule has 308 valence electrons. The van der Waals surface area contributed by atoms with Crippen LogP contribution in [0.1, 0.15) is 133 Å². The Labute approximate surface area is 363 Å². The van der Waals surface area contributed by atoms with Crippen LogP contribution in [0, 0.1) is 34.6 Å². The SMILES string of the molecule is Cc1cc(C)c(-c2cc3c4c(c2)N(c2cc(C(C)(C)C)cc(C(C)(C)C)c2)c2ccc(C)cc2B4c2cc(C)ccc2N3c2cc(C(C)(C)C)cc(C(C)(C)C)c2)c(C)c1. The van der Waals surface area contributed by atoms with Gasteiger partial charge in [0.15, 0.2) is 0 Å². The highest BCUT2D eigenvalue weighted by molar-refractivity contribution is 7.00. The van der Waals surface area contributed by atoms with Gasteiger partial charge in [0, 0.05) is 34.1 Å². The van der Waals surface area contributed by atoms with Gasteiger partial charge in [-0.2, -0.15) is 0 Å². The molecule has 0 aliphatic carbocycles. The largest absolute Gasteiger partial charge is 0.311 e. The highest BCUT2D eigenvalue weighted by atomic mass is 15.2. The van der Waals surface area contributed by atoms with Crippen LogP contribution in [0.15, 0.2) is 97.1 Å². The van der Waals surface area contributed by atoms with Crippen LogP contribution in [-0.4, -0.2) is 6.71 Å². The number of benzene rings is 6. The smallest absolute Gasteiger partial charge is 0.252 e. The Morgan fingerprint density at radius 3 is 1.05 bits per heavy atom. The van der Waals surface area contributed by atoms with Crippen LogP contribution < -0.4 is 26.2 Å². The molecular weight excluding hydrogens is 723 g/mol. The van der Waals surface area contributed by atoms with Crippen molar-refractivity contribution in [1.82, 2.24) is 0 Å². The molecule has 60 heavy (non-hydrogen) atoms. The van der Waals surface area contributed by atoms with Gasteiger partial charge in [0.05, 0.1) is 0 Å². The molecule has 0 saturated carbocycles. The van der Waals surface area contributed by atoms with Crippen LogP contribution in [0.25, 0.3) is 11.1 Å². The molecule has 0 saturated heterocycles. The first kappa shape index (κ1) is 41.7. The Hall–Kier alpha value is -5.02. The van der Waals surface area contributed by atoms with E-state index in [2.05, 4.69) is 225 Å². The Bertz CT molecular complexity index is 2460. The Kier molecular flexibility index (Phi) is 9.74. The predicted molar refractivity (Wildman–Crippen MR) is 264 cm³/mol. The van der Waals surface area contributed by atoms with Crippen molar-refractivity contribution < 1.29 is 0 Å². The van der Waals surface area contributed by atoms with Gasteiger partial charge in [-0.3, -0.25) is 0 Å². The van der Waals surface area contributed by atoms with Gasteiger partial charge in [0.25, 0.3) is 6.71 Å². The molecule has 8 rings (SSSR count). The highest BCUT2D eigenvalue weighted by Crippen LogP contribution is 2.49. The first-order valence-corrected chi connectivity index (χ1v) is 22.2. The number of rotatable bonds is 3. The fourth-order valence-corrected chi connectivity index (χ4v) is 9.79. The number of nitrogens with zero attached hydrogens (tertiary/aromatic N) is 2. The average molecular weight is 791 g/mol. The molecule has 0 fully saturated rings. The molecular formula is C57H67BN2. The fraction of sp³-hybridized carbons (Fsp3) is 0.368. The maximum absolute atomic E-state index is 2.63. The minimum atomic E-state index is -0.0298. The molecule has 2 aliphatic heterocycles. The molecule has 0 atom stereocenters. The molecule has 0 bridgehead atoms. The van der Waals surface area contributed by atoms with Crippen molar-refractivity contribution in [3.8, 4) is 11.1 Å². The van der Waals surface area contributed by atoms with Crippen LogP contribution >= 0.6 is 0 Å². The lowest BCUT2D eigenvalue weighted by Crippen LogP contribution is -2.61. The van der Waals surface area contributed by atoms with Gasteiger partial charge in [0.2, 0.25) is 0 Å². The lowest BCUT2D eigenvalue weighted by Gasteiger charge is -2.45. The molecule has 0 radical (unpaired) electrons. The van der Waals surface area contributed by atoms with Crippen molar-refractivity contribution in [2.75, 3.05) is 9.80 Å². The second kappa shape index (κ2) is 14.0. The van der Waals surface area contributed by atoms with Crippen molar-refractivity contribution in [3.05, 3.63) is 147 Å². The summed E-state index contributed by atoms with van der Waals surface area (Å²) in [7, 11) is 0. The summed E-state index contributed by atoms with van der Waals surface area (Å²) >= 11 is 0. The van der Waals surface area contributed by atoms with E-state index in [0.717, 1.165) is 0 Å². The van der Waals surface area contributed by atoms with Gasteiger partial charge < -0.3 is 9.80 Å². The zero-order chi connectivity index (χ0) is 43.6. The topological polar surface area (TPSA) is 6.48 Å². The minimum absolute atomic E-state index is 0.0298. The number of anilines is 6. The predicted octanol–water partition coefficient (Wildman–Crippen LogP) is 14.2. The molecule has 0 N–H and O–H groups in total. The third kappa shape index (κ3) is 7.20. The van der Waals surface area contributed by atoms with E-state index in [1.165, 1.54) is 112 Å². The van der Waals surface area contributed by atoms with E-state index >= 15 is 0 Å². The van der Waals surface area contributed by atoms with Gasteiger partial charge in [-0.25, -0.2) is 0 Å². The molecule has 2 aliphatic rings. The number of fused-ring (bicyclic) bond motifs is 4. The molecule has 3 heteroatoms. The molecule has 0 spiro atoms. The summed E-state index contributed by atoms with van der Waals surface area (Å²) in [5.74, 6) is 0. The van der Waals surface area contributed by atoms with Crippen LogP contribution in [0.4, 0.5) is 34.1 Å². The second-order valence-electron chi connectivity index (χ2n) is 22.5. The van der Waals surface area contributed by atoms with Gasteiger partial charge in [0.1, 0.15) is 0 Å². The Morgan fingerprint density at radius 1 is 0.367 bits per heavy atom. The first-order chi connectivity index (χ1) is 27.8. The van der Waals surface area contributed by atoms with Crippen LogP contribution in [0.2, 0.25) is 0 Å². The van der Waals surface area contributed by atoms with Gasteiger partial charge in [-0.05, 0) is 166 Å². The number of hydrogen-bond acceptors (Lipinski definition) is 2. The van der Waals surface area contributed by atoms with Gasteiger partial charge >= 0.3 is 0 Å². The van der Waals surface area contributed by atoms with E-state index in [1.807, 2.05) is 0 Å². The van der Waals surface area contributed by atoms with Crippen LogP contribution in [-0.2, 0) is 21.7 Å². The molecule has 0 aromatic heterocycles. The van der Waals surface area contributed by atoms with Crippen molar-refractivity contribution >= 4 is 57.2 Å². The van der Waals surface area contributed by atoms with Gasteiger partial charge in [-0.15, -0.1) is 0 Å². The van der Waals surface area contributed by atoms with E-state index in [1.54, 1.807) is 0 Å². The standard InChI is InChI=1S/C57H67BN2/c1-34-18-20-48-46(24-34)58-47-25-35(2)19-21-49(47)60(45-32-42(56(12,13)14)29-43(33-45)57(15,16)17)51-27-39(52-37(4)22-36(3)23-38(52)5)26-50(53(51)58)59(48)44-30-40(54(6,7)8)28-41(31-44)55(9,10)11/h18-33H,1-17H3. The zero-order valence-corrected chi connectivity index (χ0v) is 39.7. The van der Waals surface area contributed by atoms with E-state index in [0.29, 0.717) is 0 Å². The molecule has 6 aromatic carbocycles. The minimum Gasteiger partial charge on any atom is -0.311 e. The summed E-state index contributed by atoms with van der Waals surface area (Å²) in [5, 5.41) is 0. The first-order valence-electron chi connectivity index (χ1n) is 22.2. The van der Waals surface area contributed by atoms with Crippen molar-refractivity contribution in [2.24, 2.45) is 0 Å². The zero-order valence-electron chi connectivity index (χ0n) is 39.7. The third-order valence-electron chi connectivity index (χ3n) is 13.2. The van der Waals surface area contributed by atoms with E-state index in [-0.39, 0.29) is 28.4 Å². The number of hydrogen-bond donors (Lipinski definition) is 0. The summed E-state index contributed by atoms with van der Waals surface area (Å²) in [6, 6.07) is 38.9. The third-order valence-corrected chi connectivity index (χ3v) is 13.2. The summed E-state index contributed by atoms with van der Waals surface area (Å²) in [4.78, 5) is 5.25. The molecule has 0 unspecified atom stereocenters. The van der Waals surface area contributed by atoms with E-state index < -0.39 is 0 Å². The monoisotopic (exact) mass is 791 g/mol. The second-order valence-corrected chi connectivity index (χ2v) is 22.5. The Morgan fingerprint density at radius 2 is 0.717 bits per heavy atom. The lowest BCUT2D eigenvalue weighted by atomic mass is 9.33. The van der Waals surface area contributed by atoms with E-state index in [4.69, 9.17) is 0 Å². The summed E-state index contributed by atoms with van der Waals surface area (Å²) < 4.78 is 0. The van der Waals surface area contributed by atoms with Crippen molar-refractivity contribution in [2.45, 2.75) is 139 Å². The van der Waals surface area contributed by atoms with Crippen LogP contribution in [0.3, 0.4) is 0 Å². The molecule has 6 aromatic rings. The van der Waals surface area contributed by atoms with Crippen LogP contribution in [0.5, 0.6) is 0 Å². The highest BCUT2D eigenvalue weighted by Gasteiger charge is 2.44. The molecule has 2 heterocycles. The summed E-state index contributed by atoms with van der Waals surface area (Å²) in [5.41, 5.74) is 25.9. The number of aryl methyl sites for hydroxylation is 5. The average Bonchev–Trinajstić information content (AvgIpc) is 3.12. The maximum Gasteiger partial charge on any atom is 0.252 e. The normalized spacial score (nSPS) is 14.0. The van der Waals surface area contributed by atoms with Crippen molar-refractivity contribution in [3.63, 3.8) is 0 Å². The summed E-state index contributed by atoms with van der Waals surface area (Å²) in [6.07, 6.45) is 0. The van der Waals surface area contributed by atoms with Crippen molar-refractivity contribution in [1.29, 1.82) is 0 Å². The Balaban J connectivity index is 1.57.